The highest BCUT2D eigenvalue weighted by Crippen LogP contribution is 2.20. The van der Waals surface area contributed by atoms with E-state index >= 15 is 0 Å². The molecule has 0 amide bonds. The molecule has 0 unspecified atom stereocenters. The molecular formula is C20H27N5. The summed E-state index contributed by atoms with van der Waals surface area (Å²) in [5, 5.41) is 3.43. The van der Waals surface area contributed by atoms with Gasteiger partial charge in [-0.3, -0.25) is 4.98 Å². The summed E-state index contributed by atoms with van der Waals surface area (Å²) < 4.78 is 0. The number of hydrogen-bond acceptors (Lipinski definition) is 5. The largest absolute Gasteiger partial charge is 0.370 e. The topological polar surface area (TPSA) is 53.9 Å². The number of nitrogens with zero attached hydrogens (tertiary/aromatic N) is 4. The average Bonchev–Trinajstić information content (AvgIpc) is 2.68. The number of likely N-dealkylation sites (N-methyl/N-ethyl adjacent to an activating group) is 1. The maximum Gasteiger partial charge on any atom is 0.133 e. The third-order valence-corrected chi connectivity index (χ3v) is 4.67. The van der Waals surface area contributed by atoms with Crippen LogP contribution < -0.4 is 10.2 Å². The van der Waals surface area contributed by atoms with Gasteiger partial charge in [0.05, 0.1) is 0 Å². The van der Waals surface area contributed by atoms with Crippen LogP contribution in [0.5, 0.6) is 0 Å². The Balaban J connectivity index is 1.49. The molecule has 0 aromatic carbocycles. The molecule has 2 aromatic heterocycles. The average molecular weight is 337 g/mol. The molecule has 0 atom stereocenters. The summed E-state index contributed by atoms with van der Waals surface area (Å²) in [5.41, 5.74) is 2.87. The second-order valence-electron chi connectivity index (χ2n) is 6.57. The van der Waals surface area contributed by atoms with Gasteiger partial charge in [0.1, 0.15) is 18.0 Å². The first-order valence-corrected chi connectivity index (χ1v) is 9.15. The van der Waals surface area contributed by atoms with E-state index in [1.54, 1.807) is 11.9 Å². The summed E-state index contributed by atoms with van der Waals surface area (Å²) in [4.78, 5) is 15.0. The Morgan fingerprint density at radius 3 is 2.80 bits per heavy atom. The molecule has 5 heteroatoms. The van der Waals surface area contributed by atoms with Gasteiger partial charge in [0.15, 0.2) is 0 Å². The van der Waals surface area contributed by atoms with E-state index in [0.29, 0.717) is 0 Å². The van der Waals surface area contributed by atoms with Crippen molar-refractivity contribution in [3.63, 3.8) is 0 Å². The molecule has 25 heavy (non-hydrogen) atoms. The number of nitrogens with one attached hydrogen (secondary N) is 1. The molecule has 0 radical (unpaired) electrons. The van der Waals surface area contributed by atoms with Crippen LogP contribution >= 0.6 is 0 Å². The van der Waals surface area contributed by atoms with Crippen LogP contribution in [0.25, 0.3) is 0 Å². The monoisotopic (exact) mass is 337 g/mol. The second kappa shape index (κ2) is 9.16. The van der Waals surface area contributed by atoms with Crippen molar-refractivity contribution in [3.05, 3.63) is 54.1 Å². The van der Waals surface area contributed by atoms with Crippen LogP contribution in [-0.2, 0) is 6.42 Å². The summed E-state index contributed by atoms with van der Waals surface area (Å²) >= 11 is 0. The summed E-state index contributed by atoms with van der Waals surface area (Å²) in [5.74, 6) is 1.85. The van der Waals surface area contributed by atoms with Crippen molar-refractivity contribution in [1.82, 2.24) is 15.0 Å². The fourth-order valence-corrected chi connectivity index (χ4v) is 3.10. The van der Waals surface area contributed by atoms with E-state index in [0.717, 1.165) is 37.6 Å². The number of rotatable bonds is 8. The van der Waals surface area contributed by atoms with E-state index < -0.39 is 0 Å². The van der Waals surface area contributed by atoms with Gasteiger partial charge in [-0.25, -0.2) is 9.97 Å². The minimum absolute atomic E-state index is 0.900. The van der Waals surface area contributed by atoms with E-state index in [9.17, 15) is 0 Å². The van der Waals surface area contributed by atoms with Crippen LogP contribution in [0.3, 0.4) is 0 Å². The van der Waals surface area contributed by atoms with Gasteiger partial charge in [-0.2, -0.15) is 0 Å². The third kappa shape index (κ3) is 5.55. The Kier molecular flexibility index (Phi) is 6.37. The first-order chi connectivity index (χ1) is 12.3. The molecule has 1 N–H and O–H groups in total. The third-order valence-electron chi connectivity index (χ3n) is 4.67. The molecular weight excluding hydrogens is 310 g/mol. The minimum Gasteiger partial charge on any atom is -0.370 e. The van der Waals surface area contributed by atoms with E-state index in [2.05, 4.69) is 50.4 Å². The molecule has 1 aliphatic carbocycles. The Bertz CT molecular complexity index is 683. The fourth-order valence-electron chi connectivity index (χ4n) is 3.10. The molecule has 0 bridgehead atoms. The van der Waals surface area contributed by atoms with Gasteiger partial charge in [0, 0.05) is 38.6 Å². The summed E-state index contributed by atoms with van der Waals surface area (Å²) in [7, 11) is 2.07. The SMILES string of the molecule is CN(CCc1ccncc1)c1cc(NCCC2=CCCCC2)ncn1. The number of pyridine rings is 1. The maximum atomic E-state index is 4.40. The Morgan fingerprint density at radius 1 is 1.12 bits per heavy atom. The van der Waals surface area contributed by atoms with E-state index in [4.69, 9.17) is 0 Å². The molecule has 0 saturated heterocycles. The fraction of sp³-hybridized carbons (Fsp3) is 0.450. The van der Waals surface area contributed by atoms with Gasteiger partial charge < -0.3 is 10.2 Å². The van der Waals surface area contributed by atoms with Crippen molar-refractivity contribution in [1.29, 1.82) is 0 Å². The van der Waals surface area contributed by atoms with E-state index in [1.165, 1.54) is 31.2 Å². The van der Waals surface area contributed by atoms with Gasteiger partial charge in [-0.1, -0.05) is 11.6 Å². The zero-order valence-electron chi connectivity index (χ0n) is 15.0. The number of allylic oxidation sites excluding steroid dienone is 1. The molecule has 2 heterocycles. The lowest BCUT2D eigenvalue weighted by atomic mass is 9.97. The first-order valence-electron chi connectivity index (χ1n) is 9.15. The lowest BCUT2D eigenvalue weighted by Gasteiger charge is -2.19. The Hall–Kier alpha value is -2.43. The molecule has 2 aromatic rings. The van der Waals surface area contributed by atoms with Crippen molar-refractivity contribution in [2.45, 2.75) is 38.5 Å². The van der Waals surface area contributed by atoms with Crippen molar-refractivity contribution in [2.24, 2.45) is 0 Å². The van der Waals surface area contributed by atoms with Crippen LogP contribution in [-0.4, -0.2) is 35.1 Å². The lowest BCUT2D eigenvalue weighted by molar-refractivity contribution is 0.679. The van der Waals surface area contributed by atoms with Crippen LogP contribution in [0.4, 0.5) is 11.6 Å². The Morgan fingerprint density at radius 2 is 2.00 bits per heavy atom. The molecule has 132 valence electrons. The van der Waals surface area contributed by atoms with Crippen LogP contribution in [0.15, 0.2) is 48.6 Å². The summed E-state index contributed by atoms with van der Waals surface area (Å²) in [6.45, 7) is 1.84. The van der Waals surface area contributed by atoms with Crippen molar-refractivity contribution >= 4 is 11.6 Å². The highest BCUT2D eigenvalue weighted by molar-refractivity contribution is 5.48. The van der Waals surface area contributed by atoms with Crippen molar-refractivity contribution in [2.75, 3.05) is 30.4 Å². The van der Waals surface area contributed by atoms with Gasteiger partial charge in [-0.15, -0.1) is 0 Å². The number of aromatic nitrogens is 3. The summed E-state index contributed by atoms with van der Waals surface area (Å²) in [6, 6.07) is 6.14. The predicted octanol–water partition coefficient (Wildman–Crippen LogP) is 3.85. The zero-order chi connectivity index (χ0) is 17.3. The quantitative estimate of drug-likeness (QED) is 0.742. The lowest BCUT2D eigenvalue weighted by Crippen LogP contribution is -2.21. The zero-order valence-corrected chi connectivity index (χ0v) is 15.0. The van der Waals surface area contributed by atoms with Crippen LogP contribution in [0.1, 0.15) is 37.7 Å². The molecule has 0 fully saturated rings. The van der Waals surface area contributed by atoms with Crippen molar-refractivity contribution in [3.8, 4) is 0 Å². The van der Waals surface area contributed by atoms with E-state index in [-0.39, 0.29) is 0 Å². The first kappa shape index (κ1) is 17.4. The van der Waals surface area contributed by atoms with Gasteiger partial charge in [0.2, 0.25) is 0 Å². The highest BCUT2D eigenvalue weighted by atomic mass is 15.2. The molecule has 3 rings (SSSR count). The van der Waals surface area contributed by atoms with Gasteiger partial charge in [0.25, 0.3) is 0 Å². The second-order valence-corrected chi connectivity index (χ2v) is 6.57. The van der Waals surface area contributed by atoms with Crippen LogP contribution in [0, 0.1) is 0 Å². The van der Waals surface area contributed by atoms with Crippen LogP contribution in [0.2, 0.25) is 0 Å². The maximum absolute atomic E-state index is 4.40. The molecule has 5 nitrogen and oxygen atoms in total. The summed E-state index contributed by atoms with van der Waals surface area (Å²) in [6.07, 6.45) is 15.0. The predicted molar refractivity (Wildman–Crippen MR) is 103 cm³/mol. The van der Waals surface area contributed by atoms with E-state index in [1.807, 2.05) is 18.5 Å². The minimum atomic E-state index is 0.900. The normalized spacial score (nSPS) is 14.0. The Labute approximate surface area is 150 Å². The van der Waals surface area contributed by atoms with Gasteiger partial charge >= 0.3 is 0 Å². The molecule has 0 spiro atoms. The highest BCUT2D eigenvalue weighted by Gasteiger charge is 2.06. The molecule has 0 aliphatic heterocycles. The van der Waals surface area contributed by atoms with Gasteiger partial charge in [-0.05, 0) is 56.2 Å². The number of hydrogen-bond donors (Lipinski definition) is 1. The molecule has 1 aliphatic rings. The number of anilines is 2. The molecule has 0 saturated carbocycles. The van der Waals surface area contributed by atoms with Crippen molar-refractivity contribution < 1.29 is 0 Å². The smallest absolute Gasteiger partial charge is 0.133 e. The standard InChI is InChI=1S/C20H27N5/c1-25(14-10-18-7-11-21-12-8-18)20-15-19(23-16-24-20)22-13-9-17-5-3-2-4-6-17/h5,7-8,11-12,15-16H,2-4,6,9-10,13-14H2,1H3,(H,22,23,24).